The van der Waals surface area contributed by atoms with Crippen LogP contribution in [-0.4, -0.2) is 20.7 Å². The van der Waals surface area contributed by atoms with Gasteiger partial charge in [0.1, 0.15) is 5.75 Å². The fourth-order valence-electron chi connectivity index (χ4n) is 1.82. The second kappa shape index (κ2) is 5.91. The van der Waals surface area contributed by atoms with E-state index < -0.39 is 0 Å². The monoisotopic (exact) mass is 258 g/mol. The van der Waals surface area contributed by atoms with E-state index in [1.54, 1.807) is 26.4 Å². The van der Waals surface area contributed by atoms with E-state index in [4.69, 9.17) is 14.2 Å². The first-order valence-electron chi connectivity index (χ1n) is 5.71. The summed E-state index contributed by atoms with van der Waals surface area (Å²) in [7, 11) is 3.18. The molecule has 0 fully saturated rings. The summed E-state index contributed by atoms with van der Waals surface area (Å²) in [5, 5.41) is 0. The number of methoxy groups -OCH3 is 2. The molecule has 2 aromatic carbocycles. The van der Waals surface area contributed by atoms with Crippen LogP contribution in [0.3, 0.4) is 0 Å². The molecule has 0 bridgehead atoms. The third kappa shape index (κ3) is 2.85. The molecule has 4 heteroatoms. The zero-order valence-electron chi connectivity index (χ0n) is 10.8. The molecule has 0 unspecified atom stereocenters. The zero-order chi connectivity index (χ0) is 13.7. The Bertz CT molecular complexity index is 578. The van der Waals surface area contributed by atoms with Gasteiger partial charge in [-0.05, 0) is 35.4 Å². The van der Waals surface area contributed by atoms with Crippen LogP contribution >= 0.6 is 0 Å². The Morgan fingerprint density at radius 2 is 1.63 bits per heavy atom. The van der Waals surface area contributed by atoms with Crippen molar-refractivity contribution in [2.75, 3.05) is 14.2 Å². The molecule has 0 atom stereocenters. The fourth-order valence-corrected chi connectivity index (χ4v) is 1.82. The number of hydrogen-bond acceptors (Lipinski definition) is 4. The molecule has 0 amide bonds. The van der Waals surface area contributed by atoms with Crippen LogP contribution in [-0.2, 0) is 4.79 Å². The molecule has 0 aliphatic carbocycles. The maximum absolute atomic E-state index is 10.3. The van der Waals surface area contributed by atoms with Gasteiger partial charge in [0, 0.05) is 0 Å². The Labute approximate surface area is 111 Å². The average Bonchev–Trinajstić information content (AvgIpc) is 2.47. The van der Waals surface area contributed by atoms with Gasteiger partial charge in [-0.15, -0.1) is 0 Å². The Balaban J connectivity index is 2.40. The van der Waals surface area contributed by atoms with E-state index in [1.807, 2.05) is 30.3 Å². The number of carbonyl (C=O) groups excluding carboxylic acids is 1. The van der Waals surface area contributed by atoms with Gasteiger partial charge in [0.25, 0.3) is 6.47 Å². The maximum Gasteiger partial charge on any atom is 0.298 e. The predicted octanol–water partition coefficient (Wildman–Crippen LogP) is 2.91. The predicted molar refractivity (Wildman–Crippen MR) is 71.7 cm³/mol. The third-order valence-electron chi connectivity index (χ3n) is 2.74. The summed E-state index contributed by atoms with van der Waals surface area (Å²) >= 11 is 0. The highest BCUT2D eigenvalue weighted by atomic mass is 16.5. The molecule has 4 nitrogen and oxygen atoms in total. The van der Waals surface area contributed by atoms with Crippen LogP contribution in [0.25, 0.3) is 11.1 Å². The number of ether oxygens (including phenoxy) is 3. The highest BCUT2D eigenvalue weighted by molar-refractivity contribution is 5.69. The lowest BCUT2D eigenvalue weighted by Gasteiger charge is -2.10. The van der Waals surface area contributed by atoms with Crippen LogP contribution in [0, 0.1) is 0 Å². The van der Waals surface area contributed by atoms with Gasteiger partial charge in [-0.2, -0.15) is 0 Å². The second-order valence-electron chi connectivity index (χ2n) is 3.81. The van der Waals surface area contributed by atoms with Gasteiger partial charge < -0.3 is 14.2 Å². The lowest BCUT2D eigenvalue weighted by atomic mass is 10.0. The lowest BCUT2D eigenvalue weighted by Crippen LogP contribution is -1.91. The van der Waals surface area contributed by atoms with E-state index >= 15 is 0 Å². The van der Waals surface area contributed by atoms with E-state index in [0.717, 1.165) is 11.1 Å². The van der Waals surface area contributed by atoms with E-state index in [-0.39, 0.29) is 0 Å². The number of carbonyl (C=O) groups is 1. The molecule has 0 saturated carbocycles. The summed E-state index contributed by atoms with van der Waals surface area (Å²) in [6, 6.07) is 12.9. The molecule has 0 saturated heterocycles. The molecule has 98 valence electrons. The Hall–Kier alpha value is -2.49. The molecule has 0 aliphatic heterocycles. The molecule has 0 N–H and O–H groups in total. The van der Waals surface area contributed by atoms with Crippen molar-refractivity contribution in [3.8, 4) is 28.4 Å². The minimum atomic E-state index is 0.410. The van der Waals surface area contributed by atoms with Crippen LogP contribution in [0.5, 0.6) is 17.2 Å². The zero-order valence-corrected chi connectivity index (χ0v) is 10.8. The van der Waals surface area contributed by atoms with Crippen molar-refractivity contribution in [3.63, 3.8) is 0 Å². The minimum Gasteiger partial charge on any atom is -0.493 e. The summed E-state index contributed by atoms with van der Waals surface area (Å²) < 4.78 is 15.3. The van der Waals surface area contributed by atoms with Gasteiger partial charge in [-0.1, -0.05) is 18.2 Å². The Morgan fingerprint density at radius 3 is 2.32 bits per heavy atom. The molecule has 19 heavy (non-hydrogen) atoms. The number of hydrogen-bond donors (Lipinski definition) is 0. The standard InChI is InChI=1S/C15H14O4/c1-17-14-7-6-12(9-15(14)18-2)11-4-3-5-13(8-11)19-10-16/h3-10H,1-2H3. The van der Waals surface area contributed by atoms with Crippen LogP contribution < -0.4 is 14.2 Å². The first-order valence-corrected chi connectivity index (χ1v) is 5.71. The molecule has 2 aromatic rings. The molecule has 0 heterocycles. The molecule has 0 radical (unpaired) electrons. The van der Waals surface area contributed by atoms with Gasteiger partial charge in [0.15, 0.2) is 11.5 Å². The molecule has 2 rings (SSSR count). The number of benzene rings is 2. The van der Waals surface area contributed by atoms with Crippen LogP contribution in [0.4, 0.5) is 0 Å². The second-order valence-corrected chi connectivity index (χ2v) is 3.81. The Kier molecular flexibility index (Phi) is 4.03. The highest BCUT2D eigenvalue weighted by Gasteiger charge is 2.06. The quantitative estimate of drug-likeness (QED) is 0.773. The first-order chi connectivity index (χ1) is 9.28. The van der Waals surface area contributed by atoms with Gasteiger partial charge in [0.05, 0.1) is 14.2 Å². The SMILES string of the molecule is COc1ccc(-c2cccc(OC=O)c2)cc1OC. The normalized spacial score (nSPS) is 9.79. The van der Waals surface area contributed by atoms with Crippen molar-refractivity contribution < 1.29 is 19.0 Å². The maximum atomic E-state index is 10.3. The van der Waals surface area contributed by atoms with Crippen molar-refractivity contribution in [3.05, 3.63) is 42.5 Å². The topological polar surface area (TPSA) is 44.8 Å². The largest absolute Gasteiger partial charge is 0.493 e. The van der Waals surface area contributed by atoms with Gasteiger partial charge in [-0.3, -0.25) is 4.79 Å². The van der Waals surface area contributed by atoms with E-state index in [0.29, 0.717) is 23.7 Å². The summed E-state index contributed by atoms with van der Waals surface area (Å²) in [5.74, 6) is 1.83. The molecule has 0 spiro atoms. The van der Waals surface area contributed by atoms with Crippen molar-refractivity contribution in [1.82, 2.24) is 0 Å². The lowest BCUT2D eigenvalue weighted by molar-refractivity contribution is -0.120. The van der Waals surface area contributed by atoms with Crippen molar-refractivity contribution in [1.29, 1.82) is 0 Å². The van der Waals surface area contributed by atoms with Crippen LogP contribution in [0.2, 0.25) is 0 Å². The van der Waals surface area contributed by atoms with Crippen LogP contribution in [0.1, 0.15) is 0 Å². The third-order valence-corrected chi connectivity index (χ3v) is 2.74. The summed E-state index contributed by atoms with van der Waals surface area (Å²) in [4.78, 5) is 10.3. The van der Waals surface area contributed by atoms with Gasteiger partial charge in [-0.25, -0.2) is 0 Å². The molecular formula is C15H14O4. The van der Waals surface area contributed by atoms with Crippen molar-refractivity contribution in [2.24, 2.45) is 0 Å². The summed E-state index contributed by atoms with van der Waals surface area (Å²) in [6.45, 7) is 0.410. The Morgan fingerprint density at radius 1 is 0.895 bits per heavy atom. The molecular weight excluding hydrogens is 244 g/mol. The fraction of sp³-hybridized carbons (Fsp3) is 0.133. The highest BCUT2D eigenvalue weighted by Crippen LogP contribution is 2.33. The molecule has 0 aliphatic rings. The van der Waals surface area contributed by atoms with Crippen LogP contribution in [0.15, 0.2) is 42.5 Å². The van der Waals surface area contributed by atoms with Gasteiger partial charge in [0.2, 0.25) is 0 Å². The molecule has 0 aromatic heterocycles. The minimum absolute atomic E-state index is 0.410. The first kappa shape index (κ1) is 13.0. The smallest absolute Gasteiger partial charge is 0.298 e. The van der Waals surface area contributed by atoms with E-state index in [2.05, 4.69) is 0 Å². The summed E-state index contributed by atoms with van der Waals surface area (Å²) in [5.41, 5.74) is 1.88. The summed E-state index contributed by atoms with van der Waals surface area (Å²) in [6.07, 6.45) is 0. The number of rotatable bonds is 5. The van der Waals surface area contributed by atoms with E-state index in [9.17, 15) is 4.79 Å². The van der Waals surface area contributed by atoms with Gasteiger partial charge >= 0.3 is 0 Å². The van der Waals surface area contributed by atoms with Crippen molar-refractivity contribution in [2.45, 2.75) is 0 Å². The average molecular weight is 258 g/mol. The van der Waals surface area contributed by atoms with Crippen molar-refractivity contribution >= 4 is 6.47 Å². The van der Waals surface area contributed by atoms with E-state index in [1.165, 1.54) is 0 Å².